The van der Waals surface area contributed by atoms with Gasteiger partial charge in [0.2, 0.25) is 11.0 Å². The lowest BCUT2D eigenvalue weighted by atomic mass is 10.3. The van der Waals surface area contributed by atoms with E-state index in [4.69, 9.17) is 0 Å². The Balaban J connectivity index is 1.62. The fourth-order valence-corrected chi connectivity index (χ4v) is 3.86. The summed E-state index contributed by atoms with van der Waals surface area (Å²) in [6.07, 6.45) is 2.47. The van der Waals surface area contributed by atoms with Crippen LogP contribution in [0.1, 0.15) is 4.88 Å². The molecule has 0 spiro atoms. The second kappa shape index (κ2) is 10.1. The second-order valence-corrected chi connectivity index (χ2v) is 7.70. The SMILES string of the molecule is C=CCNc1nnc(SCC(=O)NC(=O)NCCc2cccs2)s1. The number of rotatable bonds is 9. The van der Waals surface area contributed by atoms with Crippen molar-refractivity contribution in [3.8, 4) is 0 Å². The van der Waals surface area contributed by atoms with Gasteiger partial charge in [-0.25, -0.2) is 4.79 Å². The molecule has 3 N–H and O–H groups in total. The van der Waals surface area contributed by atoms with E-state index in [-0.39, 0.29) is 11.7 Å². The number of carbonyl (C=O) groups is 2. The van der Waals surface area contributed by atoms with E-state index in [1.165, 1.54) is 28.0 Å². The van der Waals surface area contributed by atoms with E-state index in [0.717, 1.165) is 6.42 Å². The van der Waals surface area contributed by atoms with E-state index in [2.05, 4.69) is 32.7 Å². The lowest BCUT2D eigenvalue weighted by molar-refractivity contribution is -0.117. The van der Waals surface area contributed by atoms with Crippen LogP contribution in [0.5, 0.6) is 0 Å². The number of hydrogen-bond acceptors (Lipinski definition) is 8. The van der Waals surface area contributed by atoms with Gasteiger partial charge >= 0.3 is 6.03 Å². The van der Waals surface area contributed by atoms with Gasteiger partial charge in [0.15, 0.2) is 4.34 Å². The van der Waals surface area contributed by atoms with E-state index in [0.29, 0.717) is 22.6 Å². The van der Waals surface area contributed by atoms with Crippen molar-refractivity contribution in [1.82, 2.24) is 20.8 Å². The fraction of sp³-hybridized carbons (Fsp3) is 0.286. The molecule has 3 amide bonds. The van der Waals surface area contributed by atoms with Gasteiger partial charge in [0, 0.05) is 18.0 Å². The van der Waals surface area contributed by atoms with Crippen LogP contribution in [0.15, 0.2) is 34.5 Å². The van der Waals surface area contributed by atoms with Crippen molar-refractivity contribution in [2.45, 2.75) is 10.8 Å². The summed E-state index contributed by atoms with van der Waals surface area (Å²) < 4.78 is 0.662. The molecule has 0 aliphatic carbocycles. The number of amides is 3. The van der Waals surface area contributed by atoms with Crippen molar-refractivity contribution >= 4 is 51.5 Å². The van der Waals surface area contributed by atoms with E-state index in [9.17, 15) is 9.59 Å². The van der Waals surface area contributed by atoms with Crippen molar-refractivity contribution in [1.29, 1.82) is 0 Å². The van der Waals surface area contributed by atoms with Crippen LogP contribution in [0.2, 0.25) is 0 Å². The van der Waals surface area contributed by atoms with Gasteiger partial charge in [-0.2, -0.15) is 0 Å². The Labute approximate surface area is 152 Å². The van der Waals surface area contributed by atoms with Crippen LogP contribution >= 0.6 is 34.4 Å². The molecular formula is C14H17N5O2S3. The van der Waals surface area contributed by atoms with Crippen LogP contribution in [0.25, 0.3) is 0 Å². The number of nitrogens with zero attached hydrogens (tertiary/aromatic N) is 2. The lowest BCUT2D eigenvalue weighted by Crippen LogP contribution is -2.41. The van der Waals surface area contributed by atoms with E-state index >= 15 is 0 Å². The Morgan fingerprint density at radius 1 is 1.38 bits per heavy atom. The van der Waals surface area contributed by atoms with Gasteiger partial charge < -0.3 is 10.6 Å². The van der Waals surface area contributed by atoms with Gasteiger partial charge in [-0.15, -0.1) is 28.1 Å². The summed E-state index contributed by atoms with van der Waals surface area (Å²) >= 11 is 4.22. The molecule has 10 heteroatoms. The Morgan fingerprint density at radius 3 is 3.00 bits per heavy atom. The van der Waals surface area contributed by atoms with Crippen molar-refractivity contribution in [3.05, 3.63) is 35.0 Å². The van der Waals surface area contributed by atoms with Gasteiger partial charge in [0.05, 0.1) is 5.75 Å². The Hall–Kier alpha value is -1.91. The van der Waals surface area contributed by atoms with Crippen LogP contribution in [0, 0.1) is 0 Å². The smallest absolute Gasteiger partial charge is 0.321 e. The number of thioether (sulfide) groups is 1. The molecule has 0 unspecified atom stereocenters. The Morgan fingerprint density at radius 2 is 2.25 bits per heavy atom. The zero-order valence-corrected chi connectivity index (χ0v) is 15.2. The normalized spacial score (nSPS) is 10.2. The molecular weight excluding hydrogens is 366 g/mol. The summed E-state index contributed by atoms with van der Waals surface area (Å²) in [7, 11) is 0. The number of imide groups is 1. The molecule has 0 fully saturated rings. The minimum absolute atomic E-state index is 0.106. The maximum atomic E-state index is 11.7. The largest absolute Gasteiger partial charge is 0.357 e. The molecule has 128 valence electrons. The minimum Gasteiger partial charge on any atom is -0.357 e. The van der Waals surface area contributed by atoms with Gasteiger partial charge in [0.1, 0.15) is 0 Å². The highest BCUT2D eigenvalue weighted by atomic mass is 32.2. The molecule has 2 rings (SSSR count). The van der Waals surface area contributed by atoms with Crippen LogP contribution in [0.4, 0.5) is 9.93 Å². The number of hydrogen-bond donors (Lipinski definition) is 3. The summed E-state index contributed by atoms with van der Waals surface area (Å²) in [6, 6.07) is 3.49. The molecule has 2 aromatic heterocycles. The number of urea groups is 1. The first-order valence-electron chi connectivity index (χ1n) is 7.08. The Kier molecular flexibility index (Phi) is 7.72. The number of nitrogens with one attached hydrogen (secondary N) is 3. The zero-order chi connectivity index (χ0) is 17.2. The van der Waals surface area contributed by atoms with Gasteiger partial charge in [-0.1, -0.05) is 35.2 Å². The van der Waals surface area contributed by atoms with E-state index in [1.807, 2.05) is 17.5 Å². The molecule has 0 atom stereocenters. The minimum atomic E-state index is -0.484. The average Bonchev–Trinajstić information content (AvgIpc) is 3.22. The third-order valence-corrected chi connectivity index (χ3v) is 5.57. The summed E-state index contributed by atoms with van der Waals surface area (Å²) in [5, 5.41) is 18.5. The number of aromatic nitrogens is 2. The quantitative estimate of drug-likeness (QED) is 0.454. The van der Waals surface area contributed by atoms with Gasteiger partial charge in [-0.3, -0.25) is 10.1 Å². The zero-order valence-electron chi connectivity index (χ0n) is 12.8. The van der Waals surface area contributed by atoms with Crippen molar-refractivity contribution in [2.75, 3.05) is 24.2 Å². The first-order valence-corrected chi connectivity index (χ1v) is 9.76. The highest BCUT2D eigenvalue weighted by Gasteiger charge is 2.10. The second-order valence-electron chi connectivity index (χ2n) is 4.46. The molecule has 24 heavy (non-hydrogen) atoms. The summed E-state index contributed by atoms with van der Waals surface area (Å²) in [5.41, 5.74) is 0. The summed E-state index contributed by atoms with van der Waals surface area (Å²) in [5.74, 6) is -0.265. The van der Waals surface area contributed by atoms with E-state index in [1.54, 1.807) is 17.4 Å². The van der Waals surface area contributed by atoms with Crippen molar-refractivity contribution in [2.24, 2.45) is 0 Å². The van der Waals surface area contributed by atoms with Crippen LogP contribution in [-0.4, -0.2) is 41.0 Å². The predicted octanol–water partition coefficient (Wildman–Crippen LogP) is 2.36. The lowest BCUT2D eigenvalue weighted by Gasteiger charge is -2.05. The number of thiophene rings is 1. The third kappa shape index (κ3) is 6.69. The first-order chi connectivity index (χ1) is 11.7. The molecule has 7 nitrogen and oxygen atoms in total. The third-order valence-electron chi connectivity index (χ3n) is 2.62. The molecule has 0 aromatic carbocycles. The number of carbonyl (C=O) groups excluding carboxylic acids is 2. The van der Waals surface area contributed by atoms with Crippen molar-refractivity contribution < 1.29 is 9.59 Å². The van der Waals surface area contributed by atoms with E-state index < -0.39 is 6.03 Å². The maximum absolute atomic E-state index is 11.7. The molecule has 2 aromatic rings. The molecule has 0 saturated heterocycles. The molecule has 0 aliphatic heterocycles. The van der Waals surface area contributed by atoms with Gasteiger partial charge in [-0.05, 0) is 17.9 Å². The first kappa shape index (κ1) is 18.4. The molecule has 2 heterocycles. The Bertz CT molecular complexity index is 672. The topological polar surface area (TPSA) is 96.0 Å². The van der Waals surface area contributed by atoms with Crippen molar-refractivity contribution in [3.63, 3.8) is 0 Å². The molecule has 0 saturated carbocycles. The summed E-state index contributed by atoms with van der Waals surface area (Å²) in [4.78, 5) is 24.5. The average molecular weight is 384 g/mol. The standard InChI is InChI=1S/C14H17N5O2S3/c1-2-6-16-13-18-19-14(24-13)23-9-11(20)17-12(21)15-7-5-10-4-3-8-22-10/h2-4,8H,1,5-7,9H2,(H,16,18)(H2,15,17,20,21). The monoisotopic (exact) mass is 383 g/mol. The fourth-order valence-electron chi connectivity index (χ4n) is 1.59. The highest BCUT2D eigenvalue weighted by molar-refractivity contribution is 8.01. The predicted molar refractivity (Wildman–Crippen MR) is 98.9 cm³/mol. The molecule has 0 radical (unpaired) electrons. The van der Waals surface area contributed by atoms with Crippen LogP contribution in [0.3, 0.4) is 0 Å². The molecule has 0 bridgehead atoms. The van der Waals surface area contributed by atoms with Crippen LogP contribution in [-0.2, 0) is 11.2 Å². The van der Waals surface area contributed by atoms with Crippen LogP contribution < -0.4 is 16.0 Å². The molecule has 0 aliphatic rings. The van der Waals surface area contributed by atoms with Gasteiger partial charge in [0.25, 0.3) is 0 Å². The highest BCUT2D eigenvalue weighted by Crippen LogP contribution is 2.24. The maximum Gasteiger partial charge on any atom is 0.321 e. The number of anilines is 1. The summed E-state index contributed by atoms with van der Waals surface area (Å²) in [6.45, 7) is 4.69.